The average Bonchev–Trinajstić information content (AvgIpc) is 3.18. The molecule has 0 aromatic carbocycles. The first-order chi connectivity index (χ1) is 12.1. The van der Waals surface area contributed by atoms with Crippen molar-refractivity contribution in [2.45, 2.75) is 19.5 Å². The van der Waals surface area contributed by atoms with E-state index >= 15 is 0 Å². The monoisotopic (exact) mass is 344 g/mol. The number of hydrogen-bond acceptors (Lipinski definition) is 5. The standard InChI is InChI=1S/C17H24N6O2/c1-20-10-13(9-18-20)11-22-4-3-14-15(12-22)21(2)19-16(14)17(24)23-5-7-25-8-6-23/h9-10H,3-8,11-12H2,1-2H3. The van der Waals surface area contributed by atoms with E-state index in [1.165, 1.54) is 5.56 Å². The van der Waals surface area contributed by atoms with E-state index < -0.39 is 0 Å². The van der Waals surface area contributed by atoms with Crippen LogP contribution in [0.3, 0.4) is 0 Å². The molecular weight excluding hydrogens is 320 g/mol. The van der Waals surface area contributed by atoms with Gasteiger partial charge in [-0.15, -0.1) is 0 Å². The van der Waals surface area contributed by atoms with Crippen molar-refractivity contribution in [3.63, 3.8) is 0 Å². The van der Waals surface area contributed by atoms with Crippen LogP contribution in [0, 0.1) is 0 Å². The van der Waals surface area contributed by atoms with Crippen molar-refractivity contribution in [1.29, 1.82) is 0 Å². The summed E-state index contributed by atoms with van der Waals surface area (Å²) < 4.78 is 9.04. The minimum Gasteiger partial charge on any atom is -0.378 e. The van der Waals surface area contributed by atoms with E-state index in [4.69, 9.17) is 4.74 Å². The van der Waals surface area contributed by atoms with E-state index in [1.807, 2.05) is 40.8 Å². The number of morpholine rings is 1. The van der Waals surface area contributed by atoms with Crippen LogP contribution in [0.2, 0.25) is 0 Å². The summed E-state index contributed by atoms with van der Waals surface area (Å²) in [6.07, 6.45) is 4.81. The maximum Gasteiger partial charge on any atom is 0.274 e. The summed E-state index contributed by atoms with van der Waals surface area (Å²) in [6, 6.07) is 0. The predicted octanol–water partition coefficient (Wildman–Crippen LogP) is 0.184. The Bertz CT molecular complexity index is 774. The number of ether oxygens (including phenoxy) is 1. The average molecular weight is 344 g/mol. The molecule has 1 saturated heterocycles. The topological polar surface area (TPSA) is 68.4 Å². The highest BCUT2D eigenvalue weighted by Gasteiger charge is 2.30. The van der Waals surface area contributed by atoms with E-state index in [9.17, 15) is 4.79 Å². The highest BCUT2D eigenvalue weighted by atomic mass is 16.5. The van der Waals surface area contributed by atoms with E-state index in [-0.39, 0.29) is 5.91 Å². The third-order valence-electron chi connectivity index (χ3n) is 4.99. The number of rotatable bonds is 3. The molecule has 4 rings (SSSR count). The molecule has 0 saturated carbocycles. The predicted molar refractivity (Wildman–Crippen MR) is 91.0 cm³/mol. The Morgan fingerprint density at radius 2 is 2.04 bits per heavy atom. The van der Waals surface area contributed by atoms with Crippen LogP contribution >= 0.6 is 0 Å². The quantitative estimate of drug-likeness (QED) is 0.795. The minimum atomic E-state index is 0.0425. The summed E-state index contributed by atoms with van der Waals surface area (Å²) in [5.74, 6) is 0.0425. The van der Waals surface area contributed by atoms with Crippen molar-refractivity contribution in [3.8, 4) is 0 Å². The lowest BCUT2D eigenvalue weighted by Crippen LogP contribution is -2.41. The van der Waals surface area contributed by atoms with Crippen LogP contribution in [0.5, 0.6) is 0 Å². The molecule has 0 unspecified atom stereocenters. The lowest BCUT2D eigenvalue weighted by molar-refractivity contribution is 0.0297. The van der Waals surface area contributed by atoms with Gasteiger partial charge < -0.3 is 9.64 Å². The zero-order valence-corrected chi connectivity index (χ0v) is 14.8. The SMILES string of the molecule is Cn1cc(CN2CCc3c(C(=O)N4CCOCC4)nn(C)c3C2)cn1. The van der Waals surface area contributed by atoms with Crippen molar-refractivity contribution >= 4 is 5.91 Å². The van der Waals surface area contributed by atoms with Gasteiger partial charge in [-0.05, 0) is 6.42 Å². The molecule has 0 radical (unpaired) electrons. The first-order valence-electron chi connectivity index (χ1n) is 8.73. The molecule has 1 fully saturated rings. The van der Waals surface area contributed by atoms with Crippen LogP contribution in [-0.2, 0) is 38.3 Å². The number of nitrogens with zero attached hydrogens (tertiary/aromatic N) is 6. The molecule has 0 bridgehead atoms. The summed E-state index contributed by atoms with van der Waals surface area (Å²) in [5, 5.41) is 8.79. The molecule has 8 heteroatoms. The number of amides is 1. The Morgan fingerprint density at radius 1 is 1.24 bits per heavy atom. The summed E-state index contributed by atoms with van der Waals surface area (Å²) in [5.41, 5.74) is 4.09. The molecule has 0 N–H and O–H groups in total. The maximum atomic E-state index is 12.8. The fourth-order valence-electron chi connectivity index (χ4n) is 3.66. The number of carbonyl (C=O) groups excluding carboxylic acids is 1. The molecule has 2 aromatic heterocycles. The van der Waals surface area contributed by atoms with Crippen LogP contribution in [0.4, 0.5) is 0 Å². The van der Waals surface area contributed by atoms with Gasteiger partial charge >= 0.3 is 0 Å². The molecule has 0 spiro atoms. The van der Waals surface area contributed by atoms with E-state index in [0.717, 1.165) is 37.3 Å². The maximum absolute atomic E-state index is 12.8. The molecular formula is C17H24N6O2. The number of carbonyl (C=O) groups is 1. The van der Waals surface area contributed by atoms with Crippen molar-refractivity contribution in [1.82, 2.24) is 29.4 Å². The summed E-state index contributed by atoms with van der Waals surface area (Å²) >= 11 is 0. The highest BCUT2D eigenvalue weighted by molar-refractivity contribution is 5.94. The van der Waals surface area contributed by atoms with Crippen molar-refractivity contribution in [2.75, 3.05) is 32.8 Å². The lowest BCUT2D eigenvalue weighted by Gasteiger charge is -2.28. The van der Waals surface area contributed by atoms with Crippen LogP contribution in [0.1, 0.15) is 27.3 Å². The molecule has 1 amide bonds. The van der Waals surface area contributed by atoms with Gasteiger partial charge in [-0.2, -0.15) is 10.2 Å². The highest BCUT2D eigenvalue weighted by Crippen LogP contribution is 2.24. The summed E-state index contributed by atoms with van der Waals surface area (Å²) in [7, 11) is 3.87. The third-order valence-corrected chi connectivity index (χ3v) is 4.99. The van der Waals surface area contributed by atoms with Gasteiger partial charge in [0.15, 0.2) is 5.69 Å². The first kappa shape index (κ1) is 16.3. The van der Waals surface area contributed by atoms with Crippen LogP contribution in [0.25, 0.3) is 0 Å². The second kappa shape index (κ2) is 6.61. The molecule has 2 aliphatic rings. The van der Waals surface area contributed by atoms with Gasteiger partial charge in [0.2, 0.25) is 0 Å². The zero-order chi connectivity index (χ0) is 17.4. The Kier molecular flexibility index (Phi) is 4.30. The number of fused-ring (bicyclic) bond motifs is 1. The second-order valence-electron chi connectivity index (χ2n) is 6.78. The molecule has 8 nitrogen and oxygen atoms in total. The molecule has 0 atom stereocenters. The van der Waals surface area contributed by atoms with Crippen LogP contribution < -0.4 is 0 Å². The van der Waals surface area contributed by atoms with Crippen molar-refractivity contribution in [3.05, 3.63) is 34.9 Å². The van der Waals surface area contributed by atoms with Gasteiger partial charge in [-0.1, -0.05) is 0 Å². The van der Waals surface area contributed by atoms with Gasteiger partial charge in [0.05, 0.1) is 25.1 Å². The third kappa shape index (κ3) is 3.19. The summed E-state index contributed by atoms with van der Waals surface area (Å²) in [6.45, 7) is 5.13. The smallest absolute Gasteiger partial charge is 0.274 e. The molecule has 4 heterocycles. The minimum absolute atomic E-state index is 0.0425. The molecule has 134 valence electrons. The molecule has 25 heavy (non-hydrogen) atoms. The second-order valence-corrected chi connectivity index (χ2v) is 6.78. The number of aryl methyl sites for hydroxylation is 2. The number of aromatic nitrogens is 4. The van der Waals surface area contributed by atoms with E-state index in [2.05, 4.69) is 15.1 Å². The molecule has 0 aliphatic carbocycles. The molecule has 2 aromatic rings. The van der Waals surface area contributed by atoms with Gasteiger partial charge in [-0.25, -0.2) is 0 Å². The van der Waals surface area contributed by atoms with Crippen molar-refractivity contribution < 1.29 is 9.53 Å². The number of hydrogen-bond donors (Lipinski definition) is 0. The Labute approximate surface area is 147 Å². The van der Waals surface area contributed by atoms with Gasteiger partial charge in [-0.3, -0.25) is 19.1 Å². The Morgan fingerprint density at radius 3 is 2.76 bits per heavy atom. The van der Waals surface area contributed by atoms with Crippen molar-refractivity contribution in [2.24, 2.45) is 14.1 Å². The fraction of sp³-hybridized carbons (Fsp3) is 0.588. The normalized spacial score (nSPS) is 18.4. The largest absolute Gasteiger partial charge is 0.378 e. The van der Waals surface area contributed by atoms with Gasteiger partial charge in [0.25, 0.3) is 5.91 Å². The van der Waals surface area contributed by atoms with Crippen LogP contribution in [0.15, 0.2) is 12.4 Å². The Hall–Kier alpha value is -2.19. The molecule has 2 aliphatic heterocycles. The lowest BCUT2D eigenvalue weighted by atomic mass is 10.0. The first-order valence-corrected chi connectivity index (χ1v) is 8.73. The van der Waals surface area contributed by atoms with Gasteiger partial charge in [0, 0.05) is 64.1 Å². The Balaban J connectivity index is 1.51. The fourth-order valence-corrected chi connectivity index (χ4v) is 3.66. The zero-order valence-electron chi connectivity index (χ0n) is 14.8. The van der Waals surface area contributed by atoms with E-state index in [1.54, 1.807) is 0 Å². The van der Waals surface area contributed by atoms with Gasteiger partial charge in [0.1, 0.15) is 0 Å². The summed E-state index contributed by atoms with van der Waals surface area (Å²) in [4.78, 5) is 17.1. The van der Waals surface area contributed by atoms with Crippen LogP contribution in [-0.4, -0.2) is 68.1 Å². The van der Waals surface area contributed by atoms with E-state index in [0.29, 0.717) is 32.0 Å².